The lowest BCUT2D eigenvalue weighted by atomic mass is 10.1. The number of carbonyl (C=O) groups excluding carboxylic acids is 1. The lowest BCUT2D eigenvalue weighted by Gasteiger charge is -2.28. The molecule has 0 spiro atoms. The van der Waals surface area contributed by atoms with Gasteiger partial charge in [0.05, 0.1) is 6.04 Å². The third-order valence-electron chi connectivity index (χ3n) is 4.51. The van der Waals surface area contributed by atoms with Gasteiger partial charge in [0.1, 0.15) is 11.5 Å². The van der Waals surface area contributed by atoms with E-state index in [1.54, 1.807) is 48.5 Å². The van der Waals surface area contributed by atoms with Gasteiger partial charge in [0.2, 0.25) is 5.91 Å². The largest absolute Gasteiger partial charge is 0.452 e. The molecule has 8 heteroatoms. The van der Waals surface area contributed by atoms with Gasteiger partial charge >= 0.3 is 7.60 Å². The van der Waals surface area contributed by atoms with Crippen molar-refractivity contribution in [1.29, 1.82) is 0 Å². The van der Waals surface area contributed by atoms with Gasteiger partial charge < -0.3 is 25.8 Å². The molecule has 2 aromatic rings. The Bertz CT molecular complexity index is 759. The van der Waals surface area contributed by atoms with Gasteiger partial charge in [-0.3, -0.25) is 4.79 Å². The molecule has 0 aliphatic rings. The second-order valence-corrected chi connectivity index (χ2v) is 9.12. The molecule has 5 N–H and O–H groups in total. The predicted molar refractivity (Wildman–Crippen MR) is 119 cm³/mol. The molecular formula is C22H32N3O4P. The Kier molecular flexibility index (Phi) is 9.87. The summed E-state index contributed by atoms with van der Waals surface area (Å²) < 4.78 is 25.7. The molecule has 2 atom stereocenters. The summed E-state index contributed by atoms with van der Waals surface area (Å²) in [4.78, 5) is 12.7. The second kappa shape index (κ2) is 12.4. The number of nitrogens with one attached hydrogen (secondary N) is 1. The summed E-state index contributed by atoms with van der Waals surface area (Å²) >= 11 is 0. The maximum atomic E-state index is 13.9. The zero-order valence-corrected chi connectivity index (χ0v) is 18.3. The van der Waals surface area contributed by atoms with Crippen molar-refractivity contribution < 1.29 is 18.4 Å². The third-order valence-corrected chi connectivity index (χ3v) is 6.59. The van der Waals surface area contributed by atoms with Crippen molar-refractivity contribution in [1.82, 2.24) is 5.32 Å². The van der Waals surface area contributed by atoms with Crippen LogP contribution in [0.25, 0.3) is 0 Å². The quantitative estimate of drug-likeness (QED) is 0.324. The van der Waals surface area contributed by atoms with E-state index >= 15 is 0 Å². The van der Waals surface area contributed by atoms with Crippen LogP contribution < -0.4 is 25.8 Å². The molecule has 1 unspecified atom stereocenters. The first-order chi connectivity index (χ1) is 14.5. The molecule has 0 radical (unpaired) electrons. The van der Waals surface area contributed by atoms with Crippen molar-refractivity contribution in [2.45, 2.75) is 50.9 Å². The number of para-hydroxylation sites is 2. The highest BCUT2D eigenvalue weighted by atomic mass is 31.2. The Labute approximate surface area is 178 Å². The molecule has 0 saturated carbocycles. The van der Waals surface area contributed by atoms with Gasteiger partial charge in [-0.15, -0.1) is 0 Å². The summed E-state index contributed by atoms with van der Waals surface area (Å²) in [6.45, 7) is 2.49. The predicted octanol–water partition coefficient (Wildman–Crippen LogP) is 4.04. The number of nitrogens with two attached hydrogens (primary N) is 2. The van der Waals surface area contributed by atoms with Gasteiger partial charge in [-0.25, -0.2) is 4.57 Å². The molecule has 0 heterocycles. The fraction of sp³-hybridized carbons (Fsp3) is 0.409. The highest BCUT2D eigenvalue weighted by molar-refractivity contribution is 7.55. The fourth-order valence-corrected chi connectivity index (χ4v) is 4.88. The van der Waals surface area contributed by atoms with E-state index in [1.807, 2.05) is 19.1 Å². The minimum absolute atomic E-state index is 0.376. The lowest BCUT2D eigenvalue weighted by Crippen LogP contribution is -2.46. The third kappa shape index (κ3) is 7.48. The Hall–Kier alpha value is -2.34. The highest BCUT2D eigenvalue weighted by Gasteiger charge is 2.40. The topological polar surface area (TPSA) is 117 Å². The number of hydrogen-bond donors (Lipinski definition) is 3. The fourth-order valence-electron chi connectivity index (χ4n) is 2.90. The number of hydrogen-bond acceptors (Lipinski definition) is 6. The zero-order valence-electron chi connectivity index (χ0n) is 17.4. The van der Waals surface area contributed by atoms with Crippen molar-refractivity contribution in [3.63, 3.8) is 0 Å². The smallest absolute Gasteiger partial charge is 0.415 e. The SMILES string of the molecule is CCCC(NC(=O)[C@@H](N)CCCCN)P(=O)(Oc1ccccc1)Oc1ccccc1. The monoisotopic (exact) mass is 433 g/mol. The van der Waals surface area contributed by atoms with E-state index in [-0.39, 0.29) is 5.91 Å². The van der Waals surface area contributed by atoms with Crippen LogP contribution in [0.2, 0.25) is 0 Å². The Morgan fingerprint density at radius 3 is 1.97 bits per heavy atom. The van der Waals surface area contributed by atoms with E-state index < -0.39 is 19.4 Å². The van der Waals surface area contributed by atoms with E-state index in [0.717, 1.165) is 12.8 Å². The Balaban J connectivity index is 2.24. The van der Waals surface area contributed by atoms with Crippen LogP contribution in [0.4, 0.5) is 0 Å². The molecule has 0 aliphatic carbocycles. The first-order valence-electron chi connectivity index (χ1n) is 10.3. The van der Waals surface area contributed by atoms with Crippen LogP contribution >= 0.6 is 7.60 Å². The highest BCUT2D eigenvalue weighted by Crippen LogP contribution is 2.53. The van der Waals surface area contributed by atoms with E-state index in [1.165, 1.54) is 0 Å². The van der Waals surface area contributed by atoms with E-state index in [9.17, 15) is 9.36 Å². The van der Waals surface area contributed by atoms with Gasteiger partial charge in [0.15, 0.2) is 5.78 Å². The minimum Gasteiger partial charge on any atom is -0.415 e. The maximum Gasteiger partial charge on any atom is 0.452 e. The number of benzene rings is 2. The summed E-state index contributed by atoms with van der Waals surface area (Å²) in [6.07, 6.45) is 3.14. The first-order valence-corrected chi connectivity index (χ1v) is 11.9. The molecule has 7 nitrogen and oxygen atoms in total. The molecule has 30 heavy (non-hydrogen) atoms. The van der Waals surface area contributed by atoms with Gasteiger partial charge in [-0.1, -0.05) is 56.2 Å². The zero-order chi connectivity index (χ0) is 21.8. The van der Waals surface area contributed by atoms with E-state index in [2.05, 4.69) is 5.32 Å². The number of rotatable bonds is 13. The summed E-state index contributed by atoms with van der Waals surface area (Å²) in [5, 5.41) is 2.82. The summed E-state index contributed by atoms with van der Waals surface area (Å²) in [5.74, 6) is -0.409. The van der Waals surface area contributed by atoms with Crippen molar-refractivity contribution in [3.8, 4) is 11.5 Å². The molecule has 2 aromatic carbocycles. The van der Waals surface area contributed by atoms with Crippen LogP contribution in [-0.2, 0) is 9.36 Å². The van der Waals surface area contributed by atoms with Gasteiger partial charge in [0, 0.05) is 0 Å². The van der Waals surface area contributed by atoms with Crippen LogP contribution in [0.15, 0.2) is 60.7 Å². The molecular weight excluding hydrogens is 401 g/mol. The van der Waals surface area contributed by atoms with Crippen molar-refractivity contribution in [2.24, 2.45) is 11.5 Å². The van der Waals surface area contributed by atoms with Crippen LogP contribution in [0.5, 0.6) is 11.5 Å². The van der Waals surface area contributed by atoms with Gasteiger partial charge in [-0.05, 0) is 50.1 Å². The van der Waals surface area contributed by atoms with E-state index in [4.69, 9.17) is 20.5 Å². The average Bonchev–Trinajstić information content (AvgIpc) is 2.74. The maximum absolute atomic E-state index is 13.9. The molecule has 0 saturated heterocycles. The van der Waals surface area contributed by atoms with Crippen molar-refractivity contribution >= 4 is 13.5 Å². The number of amides is 1. The summed E-state index contributed by atoms with van der Waals surface area (Å²) in [6, 6.07) is 16.9. The Morgan fingerprint density at radius 2 is 1.50 bits per heavy atom. The Morgan fingerprint density at radius 1 is 0.967 bits per heavy atom. The normalized spacial score (nSPS) is 13.3. The molecule has 164 valence electrons. The van der Waals surface area contributed by atoms with E-state index in [0.29, 0.717) is 37.3 Å². The van der Waals surface area contributed by atoms with Crippen LogP contribution in [0.1, 0.15) is 39.0 Å². The molecule has 2 rings (SSSR count). The molecule has 0 bridgehead atoms. The van der Waals surface area contributed by atoms with Crippen LogP contribution in [0.3, 0.4) is 0 Å². The van der Waals surface area contributed by atoms with Gasteiger partial charge in [0.25, 0.3) is 0 Å². The molecule has 1 amide bonds. The van der Waals surface area contributed by atoms with Crippen molar-refractivity contribution in [2.75, 3.05) is 6.54 Å². The summed E-state index contributed by atoms with van der Waals surface area (Å²) in [5.41, 5.74) is 11.5. The number of unbranched alkanes of at least 4 members (excludes halogenated alkanes) is 1. The standard InChI is InChI=1S/C22H32N3O4P/c1-2-11-21(25-22(26)20(24)16-9-10-17-23)30(27,28-18-12-5-3-6-13-18)29-19-14-7-4-8-15-19/h3-8,12-15,20-21H,2,9-11,16-17,23-24H2,1H3,(H,25,26)/t20-,21?/m0/s1. The molecule has 0 aromatic heterocycles. The van der Waals surface area contributed by atoms with Crippen LogP contribution in [-0.4, -0.2) is 24.3 Å². The average molecular weight is 433 g/mol. The van der Waals surface area contributed by atoms with Gasteiger partial charge in [-0.2, -0.15) is 0 Å². The molecule has 0 fully saturated rings. The first kappa shape index (κ1) is 23.9. The summed E-state index contributed by atoms with van der Waals surface area (Å²) in [7, 11) is -3.82. The number of carbonyl (C=O) groups is 1. The van der Waals surface area contributed by atoms with Crippen molar-refractivity contribution in [3.05, 3.63) is 60.7 Å². The molecule has 0 aliphatic heterocycles. The lowest BCUT2D eigenvalue weighted by molar-refractivity contribution is -0.122. The second-order valence-electron chi connectivity index (χ2n) is 7.05. The van der Waals surface area contributed by atoms with Crippen LogP contribution in [0, 0.1) is 0 Å². The minimum atomic E-state index is -3.82.